The van der Waals surface area contributed by atoms with Crippen LogP contribution in [0, 0.1) is 5.41 Å². The molecular formula is C13H20N4. The fourth-order valence-electron chi connectivity index (χ4n) is 2.64. The Kier molecular flexibility index (Phi) is 2.65. The summed E-state index contributed by atoms with van der Waals surface area (Å²) >= 11 is 0. The van der Waals surface area contributed by atoms with E-state index in [1.165, 1.54) is 49.1 Å². The summed E-state index contributed by atoms with van der Waals surface area (Å²) in [5.41, 5.74) is 9.48. The van der Waals surface area contributed by atoms with Crippen molar-refractivity contribution in [3.63, 3.8) is 0 Å². The first-order chi connectivity index (χ1) is 8.25. The van der Waals surface area contributed by atoms with Gasteiger partial charge in [-0.2, -0.15) is 5.10 Å². The normalized spacial score (nSPS) is 20.2. The molecule has 0 atom stereocenters. The summed E-state index contributed by atoms with van der Waals surface area (Å²) in [4.78, 5) is 0. The largest absolute Gasteiger partial charge is 0.388 e. The third-order valence-corrected chi connectivity index (χ3v) is 4.05. The van der Waals surface area contributed by atoms with Gasteiger partial charge in [-0.1, -0.05) is 6.42 Å². The fourth-order valence-corrected chi connectivity index (χ4v) is 2.64. The third kappa shape index (κ3) is 2.08. The highest BCUT2D eigenvalue weighted by Gasteiger charge is 2.32. The summed E-state index contributed by atoms with van der Waals surface area (Å²) in [6.07, 6.45) is 8.04. The van der Waals surface area contributed by atoms with Crippen LogP contribution in [0.3, 0.4) is 0 Å². The maximum atomic E-state index is 7.37. The van der Waals surface area contributed by atoms with Crippen LogP contribution in [0.5, 0.6) is 0 Å². The van der Waals surface area contributed by atoms with Gasteiger partial charge in [-0.15, -0.1) is 0 Å². The Morgan fingerprint density at radius 2 is 2.06 bits per heavy atom. The van der Waals surface area contributed by atoms with Crippen LogP contribution in [0.2, 0.25) is 0 Å². The number of hydrogen-bond acceptors (Lipinski definition) is 2. The molecule has 2 aliphatic rings. The van der Waals surface area contributed by atoms with E-state index in [-0.39, 0.29) is 5.84 Å². The molecule has 4 N–H and O–H groups in total. The Labute approximate surface area is 101 Å². The van der Waals surface area contributed by atoms with Gasteiger partial charge in [0.1, 0.15) is 0 Å². The van der Waals surface area contributed by atoms with Crippen molar-refractivity contribution in [3.8, 4) is 0 Å². The van der Waals surface area contributed by atoms with Crippen molar-refractivity contribution < 1.29 is 0 Å². The SMILES string of the molecule is N=C(N)CCc1c(C2CCC2)n[nH]c1C1CC1. The second-order valence-electron chi connectivity index (χ2n) is 5.43. The molecule has 0 bridgehead atoms. The topological polar surface area (TPSA) is 78.6 Å². The molecular weight excluding hydrogens is 212 g/mol. The molecule has 1 aromatic rings. The summed E-state index contributed by atoms with van der Waals surface area (Å²) < 4.78 is 0. The Balaban J connectivity index is 1.83. The van der Waals surface area contributed by atoms with Crippen LogP contribution in [0.1, 0.15) is 67.3 Å². The molecule has 1 heterocycles. The first-order valence-electron chi connectivity index (χ1n) is 6.65. The predicted molar refractivity (Wildman–Crippen MR) is 67.4 cm³/mol. The minimum absolute atomic E-state index is 0.285. The standard InChI is InChI=1S/C13H20N4/c14-11(15)7-6-10-12(8-2-1-3-8)16-17-13(10)9-4-5-9/h8-9H,1-7H2,(H3,14,15)(H,16,17). The van der Waals surface area contributed by atoms with E-state index in [4.69, 9.17) is 11.1 Å². The predicted octanol–water partition coefficient (Wildman–Crippen LogP) is 2.42. The molecule has 0 radical (unpaired) electrons. The number of nitrogens with zero attached hydrogens (tertiary/aromatic N) is 1. The maximum absolute atomic E-state index is 7.37. The van der Waals surface area contributed by atoms with Crippen LogP contribution < -0.4 is 5.73 Å². The molecule has 2 saturated carbocycles. The van der Waals surface area contributed by atoms with Gasteiger partial charge in [-0.3, -0.25) is 10.5 Å². The second kappa shape index (κ2) is 4.17. The van der Waals surface area contributed by atoms with Crippen molar-refractivity contribution in [1.82, 2.24) is 10.2 Å². The zero-order valence-electron chi connectivity index (χ0n) is 10.1. The zero-order valence-corrected chi connectivity index (χ0v) is 10.1. The molecule has 1 aromatic heterocycles. The highest BCUT2D eigenvalue weighted by molar-refractivity contribution is 5.77. The number of aromatic amines is 1. The number of nitrogens with two attached hydrogens (primary N) is 1. The number of amidine groups is 1. The minimum Gasteiger partial charge on any atom is -0.388 e. The zero-order chi connectivity index (χ0) is 11.8. The van der Waals surface area contributed by atoms with Gasteiger partial charge in [0.05, 0.1) is 11.5 Å². The van der Waals surface area contributed by atoms with Crippen molar-refractivity contribution >= 4 is 5.84 Å². The van der Waals surface area contributed by atoms with E-state index < -0.39 is 0 Å². The summed E-state index contributed by atoms with van der Waals surface area (Å²) in [7, 11) is 0. The Bertz CT molecular complexity index is 427. The Hall–Kier alpha value is -1.32. The molecule has 0 amide bonds. The molecule has 17 heavy (non-hydrogen) atoms. The summed E-state index contributed by atoms with van der Waals surface area (Å²) in [5.74, 6) is 1.66. The van der Waals surface area contributed by atoms with Crippen LogP contribution >= 0.6 is 0 Å². The monoisotopic (exact) mass is 232 g/mol. The second-order valence-corrected chi connectivity index (χ2v) is 5.43. The quantitative estimate of drug-likeness (QED) is 0.538. The van der Waals surface area contributed by atoms with E-state index in [1.54, 1.807) is 0 Å². The van der Waals surface area contributed by atoms with E-state index in [2.05, 4.69) is 10.2 Å². The molecule has 0 aromatic carbocycles. The maximum Gasteiger partial charge on any atom is 0.0908 e. The van der Waals surface area contributed by atoms with Gasteiger partial charge >= 0.3 is 0 Å². The molecule has 2 aliphatic carbocycles. The van der Waals surface area contributed by atoms with Gasteiger partial charge in [0, 0.05) is 24.0 Å². The van der Waals surface area contributed by atoms with Gasteiger partial charge in [0.15, 0.2) is 0 Å². The smallest absolute Gasteiger partial charge is 0.0908 e. The lowest BCUT2D eigenvalue weighted by Crippen LogP contribution is -2.14. The van der Waals surface area contributed by atoms with Crippen LogP contribution in [0.25, 0.3) is 0 Å². The van der Waals surface area contributed by atoms with Crippen molar-refractivity contribution in [3.05, 3.63) is 17.0 Å². The van der Waals surface area contributed by atoms with E-state index in [9.17, 15) is 0 Å². The van der Waals surface area contributed by atoms with Gasteiger partial charge < -0.3 is 5.73 Å². The lowest BCUT2D eigenvalue weighted by Gasteiger charge is -2.24. The molecule has 4 heteroatoms. The first-order valence-corrected chi connectivity index (χ1v) is 6.65. The lowest BCUT2D eigenvalue weighted by molar-refractivity contribution is 0.408. The van der Waals surface area contributed by atoms with Gasteiger partial charge in [0.2, 0.25) is 0 Å². The number of nitrogens with one attached hydrogen (secondary N) is 2. The van der Waals surface area contributed by atoms with Crippen molar-refractivity contribution in [2.75, 3.05) is 0 Å². The molecule has 92 valence electrons. The van der Waals surface area contributed by atoms with Crippen molar-refractivity contribution in [1.29, 1.82) is 5.41 Å². The van der Waals surface area contributed by atoms with E-state index in [0.717, 1.165) is 6.42 Å². The summed E-state index contributed by atoms with van der Waals surface area (Å²) in [6.45, 7) is 0. The summed E-state index contributed by atoms with van der Waals surface area (Å²) in [6, 6.07) is 0. The van der Waals surface area contributed by atoms with Crippen LogP contribution in [0.15, 0.2) is 0 Å². The van der Waals surface area contributed by atoms with Crippen LogP contribution in [-0.4, -0.2) is 16.0 Å². The average molecular weight is 232 g/mol. The molecule has 0 saturated heterocycles. The van der Waals surface area contributed by atoms with Crippen molar-refractivity contribution in [2.24, 2.45) is 5.73 Å². The van der Waals surface area contributed by atoms with E-state index >= 15 is 0 Å². The van der Waals surface area contributed by atoms with Gasteiger partial charge in [-0.25, -0.2) is 0 Å². The third-order valence-electron chi connectivity index (χ3n) is 4.05. The molecule has 0 aliphatic heterocycles. The molecule has 0 spiro atoms. The minimum atomic E-state index is 0.285. The van der Waals surface area contributed by atoms with E-state index in [0.29, 0.717) is 18.3 Å². The van der Waals surface area contributed by atoms with E-state index in [1.807, 2.05) is 0 Å². The molecule has 2 fully saturated rings. The number of H-pyrrole nitrogens is 1. The average Bonchev–Trinajstić information content (AvgIpc) is 2.97. The highest BCUT2D eigenvalue weighted by atomic mass is 15.1. The van der Waals surface area contributed by atoms with Crippen LogP contribution in [0.4, 0.5) is 0 Å². The lowest BCUT2D eigenvalue weighted by atomic mass is 9.80. The molecule has 3 rings (SSSR count). The summed E-state index contributed by atoms with van der Waals surface area (Å²) in [5, 5.41) is 15.2. The Morgan fingerprint density at radius 3 is 2.59 bits per heavy atom. The molecule has 0 unspecified atom stereocenters. The van der Waals surface area contributed by atoms with Crippen molar-refractivity contribution in [2.45, 2.75) is 56.8 Å². The molecule has 4 nitrogen and oxygen atoms in total. The Morgan fingerprint density at radius 1 is 1.29 bits per heavy atom. The van der Waals surface area contributed by atoms with Gasteiger partial charge in [0.25, 0.3) is 0 Å². The first kappa shape index (κ1) is 10.8. The number of aromatic nitrogens is 2. The number of rotatable bonds is 5. The highest BCUT2D eigenvalue weighted by Crippen LogP contribution is 2.45. The van der Waals surface area contributed by atoms with Crippen LogP contribution in [-0.2, 0) is 6.42 Å². The van der Waals surface area contributed by atoms with Gasteiger partial charge in [-0.05, 0) is 37.7 Å². The number of hydrogen-bond donors (Lipinski definition) is 3. The fraction of sp³-hybridized carbons (Fsp3) is 0.692.